The molecule has 5 aromatic rings. The summed E-state index contributed by atoms with van der Waals surface area (Å²) >= 11 is 0. The molecule has 1 N–H and O–H groups in total. The highest BCUT2D eigenvalue weighted by Gasteiger charge is 2.49. The van der Waals surface area contributed by atoms with E-state index < -0.39 is 23.3 Å². The van der Waals surface area contributed by atoms with E-state index in [0.29, 0.717) is 41.5 Å². The zero-order chi connectivity index (χ0) is 34.4. The summed E-state index contributed by atoms with van der Waals surface area (Å²) in [5.41, 5.74) is -0.117. The summed E-state index contributed by atoms with van der Waals surface area (Å²) in [6.45, 7) is 3.59. The number of aryl methyl sites for hydroxylation is 1. The maximum Gasteiger partial charge on any atom is 0.345 e. The van der Waals surface area contributed by atoms with Crippen LogP contribution in [0.4, 0.5) is 23.8 Å². The van der Waals surface area contributed by atoms with Crippen LogP contribution in [0.15, 0.2) is 43.1 Å². The van der Waals surface area contributed by atoms with Crippen LogP contribution in [-0.2, 0) is 6.42 Å². The smallest absolute Gasteiger partial charge is 0.345 e. The molecule has 256 valence electrons. The molecule has 0 saturated carbocycles. The van der Waals surface area contributed by atoms with E-state index in [1.165, 1.54) is 48.0 Å². The van der Waals surface area contributed by atoms with Gasteiger partial charge in [-0.05, 0) is 60.3 Å². The van der Waals surface area contributed by atoms with Gasteiger partial charge in [-0.1, -0.05) is 13.0 Å². The average Bonchev–Trinajstić information content (AvgIpc) is 3.83. The Morgan fingerprint density at radius 3 is 2.80 bits per heavy atom. The number of fused-ring (bicyclic) bond motifs is 3. The number of phenolic OH excluding ortho intramolecular Hbond substituents is 1. The topological polar surface area (TPSA) is 126 Å². The fourth-order valence-electron chi connectivity index (χ4n) is 7.23. The third kappa shape index (κ3) is 5.85. The van der Waals surface area contributed by atoms with Crippen molar-refractivity contribution in [3.8, 4) is 23.0 Å². The first-order chi connectivity index (χ1) is 23.6. The number of carbonyl (C=O) groups excluding carboxylic acids is 1. The molecule has 0 aliphatic carbocycles. The number of aromatic nitrogens is 6. The van der Waals surface area contributed by atoms with Crippen molar-refractivity contribution >= 4 is 33.5 Å². The number of likely N-dealkylation sites (N-methyl/N-ethyl adjacent to an activating group) is 2. The number of rotatable bonds is 9. The van der Waals surface area contributed by atoms with Crippen LogP contribution in [-0.4, -0.2) is 109 Å². The van der Waals surface area contributed by atoms with Crippen molar-refractivity contribution in [1.29, 1.82) is 0 Å². The Morgan fingerprint density at radius 2 is 2.02 bits per heavy atom. The Kier molecular flexibility index (Phi) is 8.47. The predicted molar refractivity (Wildman–Crippen MR) is 176 cm³/mol. The van der Waals surface area contributed by atoms with E-state index in [0.717, 1.165) is 24.1 Å². The average molecular weight is 676 g/mol. The molecule has 2 saturated heterocycles. The van der Waals surface area contributed by atoms with Crippen molar-refractivity contribution in [3.05, 3.63) is 60.3 Å². The van der Waals surface area contributed by atoms with Gasteiger partial charge in [0.2, 0.25) is 0 Å². The van der Waals surface area contributed by atoms with E-state index in [1.807, 2.05) is 0 Å². The van der Waals surface area contributed by atoms with Crippen LogP contribution in [0.25, 0.3) is 32.9 Å². The Hall–Kier alpha value is -5.05. The SMILES string of the molecule is CCc1c(F)ccc2cc(O)cc(-c3ncc4c(N(C)CCN(C)C(=O)n5cncn5)nc(OC[C@@]56CCCN5C[C@H](F)C6)nc4c3F)c12. The van der Waals surface area contributed by atoms with Crippen LogP contribution in [0.5, 0.6) is 11.8 Å². The highest BCUT2D eigenvalue weighted by molar-refractivity contribution is 6.01. The summed E-state index contributed by atoms with van der Waals surface area (Å²) in [7, 11) is 3.36. The van der Waals surface area contributed by atoms with E-state index in [4.69, 9.17) is 4.74 Å². The predicted octanol–water partition coefficient (Wildman–Crippen LogP) is 4.97. The fraction of sp³-hybridized carbons (Fsp3) is 0.412. The molecule has 0 spiro atoms. The molecule has 2 fully saturated rings. The van der Waals surface area contributed by atoms with Crippen LogP contribution < -0.4 is 9.64 Å². The maximum absolute atomic E-state index is 16.8. The van der Waals surface area contributed by atoms with Gasteiger partial charge in [-0.25, -0.2) is 22.9 Å². The Morgan fingerprint density at radius 1 is 1.18 bits per heavy atom. The zero-order valence-corrected chi connectivity index (χ0v) is 27.4. The van der Waals surface area contributed by atoms with Crippen molar-refractivity contribution in [3.63, 3.8) is 0 Å². The summed E-state index contributed by atoms with van der Waals surface area (Å²) < 4.78 is 53.6. The van der Waals surface area contributed by atoms with Gasteiger partial charge in [0.15, 0.2) is 5.82 Å². The molecule has 49 heavy (non-hydrogen) atoms. The molecule has 1 amide bonds. The molecule has 3 aromatic heterocycles. The number of pyridine rings is 1. The number of nitrogens with zero attached hydrogens (tertiary/aromatic N) is 9. The molecule has 2 aromatic carbocycles. The van der Waals surface area contributed by atoms with Gasteiger partial charge in [0, 0.05) is 51.9 Å². The van der Waals surface area contributed by atoms with Crippen LogP contribution >= 0.6 is 0 Å². The molecule has 0 unspecified atom stereocenters. The molecule has 2 aliphatic rings. The molecule has 5 heterocycles. The second kappa shape index (κ2) is 12.8. The number of aromatic hydroxyl groups is 1. The maximum atomic E-state index is 16.8. The van der Waals surface area contributed by atoms with Crippen molar-refractivity contribution in [2.24, 2.45) is 0 Å². The van der Waals surface area contributed by atoms with Crippen molar-refractivity contribution < 1.29 is 27.8 Å². The van der Waals surface area contributed by atoms with Crippen LogP contribution in [0, 0.1) is 11.6 Å². The van der Waals surface area contributed by atoms with E-state index in [-0.39, 0.29) is 59.6 Å². The number of halogens is 3. The third-order valence-corrected chi connectivity index (χ3v) is 9.71. The quantitative estimate of drug-likeness (QED) is 0.229. The standard InChI is InChI=1S/C34H36F3N9O3/c1-4-23-26(36)7-6-20-12-22(47)13-24(27(20)23)29-28(37)30-25(15-39-29)31(43(2)10-11-44(3)33(48)46-19-38-18-40-46)42-32(41-30)49-17-34-8-5-9-45(34)16-21(35)14-34/h6-7,12-13,15,18-19,21,47H,4-5,8-11,14,16-17H2,1-3H3/t21-,34+/m1/s1. The lowest BCUT2D eigenvalue weighted by Gasteiger charge is -2.31. The summed E-state index contributed by atoms with van der Waals surface area (Å²) in [6, 6.07) is 5.25. The van der Waals surface area contributed by atoms with Crippen LogP contribution in [0.2, 0.25) is 0 Å². The number of hydrogen-bond acceptors (Lipinski definition) is 10. The minimum absolute atomic E-state index is 0.0922. The molecule has 2 atom stereocenters. The lowest BCUT2D eigenvalue weighted by Crippen LogP contribution is -2.43. The van der Waals surface area contributed by atoms with Crippen molar-refractivity contribution in [2.75, 3.05) is 51.8 Å². The van der Waals surface area contributed by atoms with Gasteiger partial charge >= 0.3 is 12.0 Å². The van der Waals surface area contributed by atoms with E-state index in [9.17, 15) is 18.7 Å². The minimum Gasteiger partial charge on any atom is -0.508 e. The van der Waals surface area contributed by atoms with E-state index in [1.54, 1.807) is 25.9 Å². The van der Waals surface area contributed by atoms with Gasteiger partial charge < -0.3 is 19.6 Å². The number of phenols is 1. The third-order valence-electron chi connectivity index (χ3n) is 9.71. The fourth-order valence-corrected chi connectivity index (χ4v) is 7.23. The molecule has 15 heteroatoms. The van der Waals surface area contributed by atoms with Gasteiger partial charge in [0.25, 0.3) is 0 Å². The number of alkyl halides is 1. The highest BCUT2D eigenvalue weighted by atomic mass is 19.1. The minimum atomic E-state index is -0.957. The number of anilines is 1. The summed E-state index contributed by atoms with van der Waals surface area (Å²) in [4.78, 5) is 35.5. The zero-order valence-electron chi connectivity index (χ0n) is 27.4. The number of carbonyl (C=O) groups is 1. The van der Waals surface area contributed by atoms with Crippen LogP contribution in [0.1, 0.15) is 31.7 Å². The first kappa shape index (κ1) is 32.5. The molecular weight excluding hydrogens is 639 g/mol. The molecule has 0 bridgehead atoms. The van der Waals surface area contributed by atoms with E-state index in [2.05, 4.69) is 29.9 Å². The molecule has 0 radical (unpaired) electrons. The van der Waals surface area contributed by atoms with Gasteiger partial charge in [0.1, 0.15) is 54.0 Å². The number of benzene rings is 2. The van der Waals surface area contributed by atoms with Crippen LogP contribution in [0.3, 0.4) is 0 Å². The first-order valence-electron chi connectivity index (χ1n) is 16.2. The lowest BCUT2D eigenvalue weighted by atomic mass is 9.94. The lowest BCUT2D eigenvalue weighted by molar-refractivity contribution is 0.107. The highest BCUT2D eigenvalue weighted by Crippen LogP contribution is 2.41. The summed E-state index contributed by atoms with van der Waals surface area (Å²) in [6.07, 6.45) is 5.42. The molecule has 7 rings (SSSR count). The van der Waals surface area contributed by atoms with Crippen molar-refractivity contribution in [2.45, 2.75) is 44.3 Å². The summed E-state index contributed by atoms with van der Waals surface area (Å²) in [5.74, 6) is -1.07. The van der Waals surface area contributed by atoms with Gasteiger partial charge in [0.05, 0.1) is 10.9 Å². The van der Waals surface area contributed by atoms with Gasteiger partial charge in [-0.3, -0.25) is 9.88 Å². The number of amides is 1. The molecular formula is C34H36F3N9O3. The molecule has 2 aliphatic heterocycles. The first-order valence-corrected chi connectivity index (χ1v) is 16.2. The summed E-state index contributed by atoms with van der Waals surface area (Å²) in [5, 5.41) is 15.7. The number of hydrogen-bond donors (Lipinski definition) is 1. The second-order valence-corrected chi connectivity index (χ2v) is 12.8. The van der Waals surface area contributed by atoms with E-state index >= 15 is 4.39 Å². The Balaban J connectivity index is 1.30. The van der Waals surface area contributed by atoms with Gasteiger partial charge in [-0.15, -0.1) is 0 Å². The van der Waals surface area contributed by atoms with Crippen molar-refractivity contribution in [1.82, 2.24) is 39.5 Å². The van der Waals surface area contributed by atoms with Gasteiger partial charge in [-0.2, -0.15) is 19.7 Å². The number of ether oxygens (including phenoxy) is 1. The second-order valence-electron chi connectivity index (χ2n) is 12.8. The largest absolute Gasteiger partial charge is 0.508 e. The Bertz CT molecular complexity index is 2050. The normalized spacial score (nSPS) is 19.1. The molecule has 12 nitrogen and oxygen atoms in total. The monoisotopic (exact) mass is 675 g/mol. The Labute approximate surface area is 280 Å².